The number of pyridine rings is 1. The van der Waals surface area contributed by atoms with E-state index in [-0.39, 0.29) is 6.29 Å². The van der Waals surface area contributed by atoms with Gasteiger partial charge in [-0.1, -0.05) is 68.8 Å². The third-order valence-electron chi connectivity index (χ3n) is 4.88. The first-order valence-electron chi connectivity index (χ1n) is 9.71. The average Bonchev–Trinajstić information content (AvgIpc) is 2.69. The van der Waals surface area contributed by atoms with Crippen LogP contribution in [-0.2, 0) is 9.47 Å². The molecule has 1 aromatic carbocycles. The maximum atomic E-state index is 5.94. The summed E-state index contributed by atoms with van der Waals surface area (Å²) in [7, 11) is 0. The number of nitrogens with zero attached hydrogens (tertiary/aromatic N) is 1. The predicted molar refractivity (Wildman–Crippen MR) is 106 cm³/mol. The third kappa shape index (κ3) is 5.54. The minimum atomic E-state index is -0.293. The molecule has 2 heterocycles. The van der Waals surface area contributed by atoms with Gasteiger partial charge in [0.05, 0.1) is 18.9 Å². The highest BCUT2D eigenvalue weighted by Gasteiger charge is 2.23. The van der Waals surface area contributed by atoms with E-state index in [0.29, 0.717) is 5.92 Å². The fourth-order valence-corrected chi connectivity index (χ4v) is 3.40. The van der Waals surface area contributed by atoms with Gasteiger partial charge in [-0.2, -0.15) is 0 Å². The minimum absolute atomic E-state index is 0.293. The van der Waals surface area contributed by atoms with Gasteiger partial charge in [0.25, 0.3) is 0 Å². The summed E-state index contributed by atoms with van der Waals surface area (Å²) in [6, 6.07) is 11.7. The summed E-state index contributed by atoms with van der Waals surface area (Å²) in [5.41, 5.74) is 2.95. The molecule has 140 valence electrons. The van der Waals surface area contributed by atoms with Crippen LogP contribution >= 0.6 is 11.6 Å². The Labute approximate surface area is 161 Å². The van der Waals surface area contributed by atoms with E-state index in [1.807, 2.05) is 42.6 Å². The molecule has 1 saturated heterocycles. The summed E-state index contributed by atoms with van der Waals surface area (Å²) in [5, 5.41) is 0.731. The van der Waals surface area contributed by atoms with Crippen LogP contribution in [-0.4, -0.2) is 18.2 Å². The van der Waals surface area contributed by atoms with Gasteiger partial charge in [0.1, 0.15) is 0 Å². The number of rotatable bonds is 8. The highest BCUT2D eigenvalue weighted by molar-refractivity contribution is 6.30. The van der Waals surface area contributed by atoms with Crippen molar-refractivity contribution >= 4 is 11.6 Å². The van der Waals surface area contributed by atoms with E-state index >= 15 is 0 Å². The Morgan fingerprint density at radius 2 is 1.69 bits per heavy atom. The highest BCUT2D eigenvalue weighted by atomic mass is 35.5. The number of aromatic nitrogens is 1. The molecule has 0 N–H and O–H groups in total. The lowest BCUT2D eigenvalue weighted by Gasteiger charge is -2.29. The Bertz CT molecular complexity index is 649. The fourth-order valence-electron chi connectivity index (χ4n) is 3.28. The summed E-state index contributed by atoms with van der Waals surface area (Å²) in [6.45, 7) is 3.80. The summed E-state index contributed by atoms with van der Waals surface area (Å²) in [6.07, 6.45) is 9.34. The van der Waals surface area contributed by atoms with Crippen LogP contribution in [0, 0.1) is 5.92 Å². The first-order chi connectivity index (χ1) is 12.8. The van der Waals surface area contributed by atoms with E-state index < -0.39 is 0 Å². The van der Waals surface area contributed by atoms with Crippen molar-refractivity contribution in [3.05, 3.63) is 53.2 Å². The maximum Gasteiger partial charge on any atom is 0.185 e. The van der Waals surface area contributed by atoms with Crippen molar-refractivity contribution in [1.82, 2.24) is 4.98 Å². The van der Waals surface area contributed by atoms with Crippen LogP contribution in [0.2, 0.25) is 5.02 Å². The number of hydrogen-bond donors (Lipinski definition) is 0. The van der Waals surface area contributed by atoms with E-state index in [4.69, 9.17) is 21.1 Å². The topological polar surface area (TPSA) is 31.4 Å². The van der Waals surface area contributed by atoms with Crippen molar-refractivity contribution < 1.29 is 9.47 Å². The van der Waals surface area contributed by atoms with Crippen molar-refractivity contribution in [2.24, 2.45) is 5.92 Å². The number of halogens is 1. The monoisotopic (exact) mass is 373 g/mol. The fraction of sp³-hybridized carbons (Fsp3) is 0.500. The van der Waals surface area contributed by atoms with Crippen molar-refractivity contribution in [3.63, 3.8) is 0 Å². The van der Waals surface area contributed by atoms with E-state index in [9.17, 15) is 0 Å². The van der Waals surface area contributed by atoms with E-state index in [0.717, 1.165) is 35.1 Å². The Morgan fingerprint density at radius 3 is 2.35 bits per heavy atom. The van der Waals surface area contributed by atoms with Crippen molar-refractivity contribution in [1.29, 1.82) is 0 Å². The van der Waals surface area contributed by atoms with Gasteiger partial charge in [0.15, 0.2) is 6.29 Å². The molecule has 0 amide bonds. The number of unbranched alkanes of at least 4 members (excludes halogenated alkanes) is 4. The lowest BCUT2D eigenvalue weighted by atomic mass is 10.0. The van der Waals surface area contributed by atoms with Crippen LogP contribution in [0.25, 0.3) is 11.3 Å². The number of benzene rings is 1. The molecule has 4 heteroatoms. The van der Waals surface area contributed by atoms with Crippen LogP contribution in [0.3, 0.4) is 0 Å². The molecule has 3 nitrogen and oxygen atoms in total. The molecule has 0 radical (unpaired) electrons. The molecular weight excluding hydrogens is 346 g/mol. The Morgan fingerprint density at radius 1 is 0.962 bits per heavy atom. The smallest absolute Gasteiger partial charge is 0.185 e. The largest absolute Gasteiger partial charge is 0.348 e. The van der Waals surface area contributed by atoms with Gasteiger partial charge in [-0.05, 0) is 24.6 Å². The van der Waals surface area contributed by atoms with Gasteiger partial charge >= 0.3 is 0 Å². The molecule has 0 unspecified atom stereocenters. The molecule has 1 aliphatic heterocycles. The van der Waals surface area contributed by atoms with Crippen LogP contribution < -0.4 is 0 Å². The van der Waals surface area contributed by atoms with Crippen molar-refractivity contribution in [2.75, 3.05) is 13.2 Å². The molecule has 2 aromatic rings. The van der Waals surface area contributed by atoms with Crippen LogP contribution in [0.15, 0.2) is 42.6 Å². The molecule has 1 aromatic heterocycles. The van der Waals surface area contributed by atoms with Gasteiger partial charge in [-0.25, -0.2) is 0 Å². The zero-order valence-corrected chi connectivity index (χ0v) is 16.3. The second-order valence-electron chi connectivity index (χ2n) is 7.05. The molecule has 0 saturated carbocycles. The zero-order valence-electron chi connectivity index (χ0n) is 15.5. The molecule has 0 spiro atoms. The van der Waals surface area contributed by atoms with Gasteiger partial charge in [-0.3, -0.25) is 4.98 Å². The second kappa shape index (κ2) is 10.1. The van der Waals surface area contributed by atoms with Crippen LogP contribution in [0.4, 0.5) is 0 Å². The summed E-state index contributed by atoms with van der Waals surface area (Å²) < 4.78 is 11.9. The number of ether oxygens (including phenoxy) is 2. The molecule has 1 fully saturated rings. The Kier molecular flexibility index (Phi) is 7.48. The highest BCUT2D eigenvalue weighted by Crippen LogP contribution is 2.28. The standard InChI is InChI=1S/C22H28ClNO2/c1-2-3-4-5-6-7-17-15-25-22(26-16-17)19-10-13-21(24-14-19)18-8-11-20(23)12-9-18/h8-14,17,22H,2-7,15-16H2,1H3/t17-,22-. The third-order valence-corrected chi connectivity index (χ3v) is 5.13. The quantitative estimate of drug-likeness (QED) is 0.500. The Balaban J connectivity index is 1.46. The number of hydrogen-bond acceptors (Lipinski definition) is 3. The van der Waals surface area contributed by atoms with Gasteiger partial charge < -0.3 is 9.47 Å². The van der Waals surface area contributed by atoms with Crippen molar-refractivity contribution in [3.8, 4) is 11.3 Å². The van der Waals surface area contributed by atoms with Crippen LogP contribution in [0.1, 0.15) is 57.3 Å². The summed E-state index contributed by atoms with van der Waals surface area (Å²) in [5.74, 6) is 0.522. The van der Waals surface area contributed by atoms with E-state index in [1.54, 1.807) is 0 Å². The minimum Gasteiger partial charge on any atom is -0.348 e. The summed E-state index contributed by atoms with van der Waals surface area (Å²) >= 11 is 5.94. The normalized spacial score (nSPS) is 20.2. The lowest BCUT2D eigenvalue weighted by Crippen LogP contribution is -2.27. The SMILES string of the molecule is CCCCCCC[C@H]1CO[C@H](c2ccc(-c3ccc(Cl)cc3)nc2)OC1. The van der Waals surface area contributed by atoms with Gasteiger partial charge in [-0.15, -0.1) is 0 Å². The van der Waals surface area contributed by atoms with Gasteiger partial charge in [0.2, 0.25) is 0 Å². The maximum absolute atomic E-state index is 5.94. The second-order valence-corrected chi connectivity index (χ2v) is 7.49. The first-order valence-corrected chi connectivity index (χ1v) is 10.1. The first kappa shape index (κ1) is 19.3. The average molecular weight is 374 g/mol. The van der Waals surface area contributed by atoms with Crippen molar-refractivity contribution in [2.45, 2.75) is 51.7 Å². The van der Waals surface area contributed by atoms with E-state index in [2.05, 4.69) is 11.9 Å². The molecule has 0 aliphatic carbocycles. The van der Waals surface area contributed by atoms with E-state index in [1.165, 1.54) is 38.5 Å². The molecule has 0 bridgehead atoms. The summed E-state index contributed by atoms with van der Waals surface area (Å²) in [4.78, 5) is 4.55. The van der Waals surface area contributed by atoms with Crippen LogP contribution in [0.5, 0.6) is 0 Å². The molecule has 0 atom stereocenters. The van der Waals surface area contributed by atoms with Gasteiger partial charge in [0, 0.05) is 28.3 Å². The molecular formula is C22H28ClNO2. The molecule has 26 heavy (non-hydrogen) atoms. The molecule has 3 rings (SSSR count). The predicted octanol–water partition coefficient (Wildman–Crippen LogP) is 6.42. The lowest BCUT2D eigenvalue weighted by molar-refractivity contribution is -0.206. The zero-order chi connectivity index (χ0) is 18.2. The Hall–Kier alpha value is -1.42. The molecule has 1 aliphatic rings.